The molecule has 0 atom stereocenters. The fourth-order valence-corrected chi connectivity index (χ4v) is 2.72. The lowest BCUT2D eigenvalue weighted by atomic mass is 10.1. The number of hydrogen-bond acceptors (Lipinski definition) is 5. The average molecular weight is 280 g/mol. The average Bonchev–Trinajstić information content (AvgIpc) is 2.81. The Kier molecular flexibility index (Phi) is 3.71. The number of oxazole rings is 1. The van der Waals surface area contributed by atoms with Crippen LogP contribution in [0.15, 0.2) is 4.42 Å². The third-order valence-electron chi connectivity index (χ3n) is 2.59. The topological polar surface area (TPSA) is 76.2 Å². The minimum Gasteiger partial charge on any atom is -0.475 e. The van der Waals surface area contributed by atoms with E-state index in [0.29, 0.717) is 23.9 Å². The van der Waals surface area contributed by atoms with Crippen molar-refractivity contribution in [3.8, 4) is 10.8 Å². The molecule has 5 nitrogen and oxygen atoms in total. The van der Waals surface area contributed by atoms with Gasteiger partial charge in [0, 0.05) is 0 Å². The van der Waals surface area contributed by atoms with Crippen LogP contribution >= 0.6 is 11.3 Å². The second-order valence-corrected chi connectivity index (χ2v) is 6.05. The lowest BCUT2D eigenvalue weighted by Gasteiger charge is -1.99. The van der Waals surface area contributed by atoms with Gasteiger partial charge in [-0.1, -0.05) is 13.8 Å². The lowest BCUT2D eigenvalue weighted by molar-refractivity contribution is 0.0661. The third kappa shape index (κ3) is 2.84. The Morgan fingerprint density at radius 3 is 2.53 bits per heavy atom. The van der Waals surface area contributed by atoms with Crippen LogP contribution in [-0.2, 0) is 6.42 Å². The van der Waals surface area contributed by atoms with Crippen LogP contribution in [0, 0.1) is 19.8 Å². The summed E-state index contributed by atoms with van der Waals surface area (Å²) in [4.78, 5) is 20.6. The van der Waals surface area contributed by atoms with E-state index in [4.69, 9.17) is 9.52 Å². The Morgan fingerprint density at radius 1 is 1.37 bits per heavy atom. The summed E-state index contributed by atoms with van der Waals surface area (Å²) in [5, 5.41) is 10.1. The predicted octanol–water partition coefficient (Wildman–Crippen LogP) is 3.31. The van der Waals surface area contributed by atoms with E-state index in [1.165, 1.54) is 11.3 Å². The first-order valence-electron chi connectivity index (χ1n) is 6.06. The quantitative estimate of drug-likeness (QED) is 0.929. The number of aromatic carboxylic acids is 1. The number of aryl methyl sites for hydroxylation is 2. The van der Waals surface area contributed by atoms with Crippen molar-refractivity contribution in [2.75, 3.05) is 0 Å². The molecule has 0 radical (unpaired) electrons. The van der Waals surface area contributed by atoms with Crippen molar-refractivity contribution >= 4 is 17.3 Å². The molecule has 0 aromatic carbocycles. The molecule has 2 aromatic rings. The van der Waals surface area contributed by atoms with Crippen LogP contribution in [0.1, 0.15) is 40.8 Å². The molecule has 102 valence electrons. The Balaban J connectivity index is 2.48. The summed E-state index contributed by atoms with van der Waals surface area (Å²) >= 11 is 1.46. The molecule has 19 heavy (non-hydrogen) atoms. The first-order chi connectivity index (χ1) is 8.88. The monoisotopic (exact) mass is 280 g/mol. The Morgan fingerprint density at radius 2 is 2.05 bits per heavy atom. The molecule has 0 saturated carbocycles. The van der Waals surface area contributed by atoms with Crippen LogP contribution in [0.2, 0.25) is 0 Å². The van der Waals surface area contributed by atoms with E-state index in [2.05, 4.69) is 9.97 Å². The van der Waals surface area contributed by atoms with Gasteiger partial charge in [-0.05, 0) is 26.2 Å². The molecule has 2 rings (SSSR count). The Hall–Kier alpha value is -1.69. The molecule has 1 N–H and O–H groups in total. The van der Waals surface area contributed by atoms with Gasteiger partial charge in [0.1, 0.15) is 4.88 Å². The van der Waals surface area contributed by atoms with Crippen molar-refractivity contribution < 1.29 is 14.3 Å². The van der Waals surface area contributed by atoms with Gasteiger partial charge in [-0.25, -0.2) is 14.8 Å². The first-order valence-corrected chi connectivity index (χ1v) is 6.87. The van der Waals surface area contributed by atoms with E-state index < -0.39 is 5.97 Å². The Bertz CT molecular complexity index is 613. The number of rotatable bonds is 4. The zero-order valence-electron chi connectivity index (χ0n) is 11.4. The van der Waals surface area contributed by atoms with Gasteiger partial charge in [0.05, 0.1) is 16.4 Å². The normalized spacial score (nSPS) is 11.2. The van der Waals surface area contributed by atoms with Crippen LogP contribution < -0.4 is 0 Å². The molecule has 2 heterocycles. The zero-order valence-corrected chi connectivity index (χ0v) is 12.2. The summed E-state index contributed by atoms with van der Waals surface area (Å²) in [7, 11) is 0. The summed E-state index contributed by atoms with van der Waals surface area (Å²) in [5.74, 6) is -0.459. The molecule has 2 aromatic heterocycles. The van der Waals surface area contributed by atoms with Crippen LogP contribution in [0.5, 0.6) is 0 Å². The van der Waals surface area contributed by atoms with E-state index in [1.54, 1.807) is 0 Å². The molecule has 0 amide bonds. The standard InChI is InChI=1S/C13H16N2O3S/c1-6(2)5-9-10(13(16)17)18-12(15-9)11-7(3)14-8(4)19-11/h6H,5H2,1-4H3,(H,16,17). The number of carboxylic acids is 1. The predicted molar refractivity (Wildman–Crippen MR) is 72.6 cm³/mol. The van der Waals surface area contributed by atoms with Gasteiger partial charge in [-0.15, -0.1) is 11.3 Å². The molecule has 0 aliphatic carbocycles. The number of carbonyl (C=O) groups is 1. The maximum Gasteiger partial charge on any atom is 0.373 e. The fraction of sp³-hybridized carbons (Fsp3) is 0.462. The molecule has 0 spiro atoms. The van der Waals surface area contributed by atoms with Gasteiger partial charge in [0.15, 0.2) is 0 Å². The number of hydrogen-bond donors (Lipinski definition) is 1. The smallest absolute Gasteiger partial charge is 0.373 e. The molecule has 0 bridgehead atoms. The van der Waals surface area contributed by atoms with Crippen molar-refractivity contribution in [2.45, 2.75) is 34.1 Å². The highest BCUT2D eigenvalue weighted by molar-refractivity contribution is 7.15. The molecule has 0 aliphatic rings. The molecule has 0 fully saturated rings. The van der Waals surface area contributed by atoms with E-state index in [9.17, 15) is 4.79 Å². The lowest BCUT2D eigenvalue weighted by Crippen LogP contribution is -2.03. The van der Waals surface area contributed by atoms with E-state index in [1.807, 2.05) is 27.7 Å². The summed E-state index contributed by atoms with van der Waals surface area (Å²) < 4.78 is 5.42. The summed E-state index contributed by atoms with van der Waals surface area (Å²) in [6.45, 7) is 7.80. The van der Waals surface area contributed by atoms with Crippen LogP contribution in [0.3, 0.4) is 0 Å². The highest BCUT2D eigenvalue weighted by Crippen LogP contribution is 2.31. The second kappa shape index (κ2) is 5.13. The summed E-state index contributed by atoms with van der Waals surface area (Å²) in [6.07, 6.45) is 0.585. The molecule has 0 saturated heterocycles. The van der Waals surface area contributed by atoms with Crippen molar-refractivity contribution in [3.05, 3.63) is 22.2 Å². The van der Waals surface area contributed by atoms with Crippen molar-refractivity contribution in [1.29, 1.82) is 0 Å². The molecular formula is C13H16N2O3S. The highest BCUT2D eigenvalue weighted by Gasteiger charge is 2.23. The number of carboxylic acid groups (broad SMARTS) is 1. The van der Waals surface area contributed by atoms with Crippen molar-refractivity contribution in [1.82, 2.24) is 9.97 Å². The number of aromatic nitrogens is 2. The Labute approximate surface area is 115 Å². The number of thiazole rings is 1. The largest absolute Gasteiger partial charge is 0.475 e. The van der Waals surface area contributed by atoms with Gasteiger partial charge < -0.3 is 9.52 Å². The van der Waals surface area contributed by atoms with E-state index in [0.717, 1.165) is 15.6 Å². The molecule has 6 heteroatoms. The van der Waals surface area contributed by atoms with Gasteiger partial charge in [-0.3, -0.25) is 0 Å². The molecule has 0 unspecified atom stereocenters. The van der Waals surface area contributed by atoms with Crippen LogP contribution in [0.25, 0.3) is 10.8 Å². The minimum absolute atomic E-state index is 0.0610. The molecular weight excluding hydrogens is 264 g/mol. The highest BCUT2D eigenvalue weighted by atomic mass is 32.1. The van der Waals surface area contributed by atoms with Gasteiger partial charge in [0.2, 0.25) is 11.7 Å². The van der Waals surface area contributed by atoms with Gasteiger partial charge >= 0.3 is 5.97 Å². The fourth-order valence-electron chi connectivity index (χ4n) is 1.87. The van der Waals surface area contributed by atoms with E-state index >= 15 is 0 Å². The first kappa shape index (κ1) is 13.7. The third-order valence-corrected chi connectivity index (χ3v) is 3.65. The van der Waals surface area contributed by atoms with Crippen LogP contribution in [0.4, 0.5) is 0 Å². The van der Waals surface area contributed by atoms with Crippen LogP contribution in [-0.4, -0.2) is 21.0 Å². The van der Waals surface area contributed by atoms with E-state index in [-0.39, 0.29) is 5.76 Å². The minimum atomic E-state index is -1.08. The maximum atomic E-state index is 11.2. The van der Waals surface area contributed by atoms with Gasteiger partial charge in [-0.2, -0.15) is 0 Å². The van der Waals surface area contributed by atoms with Gasteiger partial charge in [0.25, 0.3) is 0 Å². The zero-order chi connectivity index (χ0) is 14.2. The summed E-state index contributed by atoms with van der Waals surface area (Å²) in [5.41, 5.74) is 1.32. The maximum absolute atomic E-state index is 11.2. The van der Waals surface area contributed by atoms with Crippen molar-refractivity contribution in [3.63, 3.8) is 0 Å². The summed E-state index contributed by atoms with van der Waals surface area (Å²) in [6, 6.07) is 0. The molecule has 0 aliphatic heterocycles. The SMILES string of the molecule is Cc1nc(C)c(-c2nc(CC(C)C)c(C(=O)O)o2)s1. The number of nitrogens with zero attached hydrogens (tertiary/aromatic N) is 2. The van der Waals surface area contributed by atoms with Crippen molar-refractivity contribution in [2.24, 2.45) is 5.92 Å². The second-order valence-electron chi connectivity index (χ2n) is 4.85.